The molecule has 0 atom stereocenters. The van der Waals surface area contributed by atoms with Crippen LogP contribution >= 0.6 is 0 Å². The predicted octanol–water partition coefficient (Wildman–Crippen LogP) is 1.34. The first kappa shape index (κ1) is 11.3. The fraction of sp³-hybridized carbons (Fsp3) is 0.273. The van der Waals surface area contributed by atoms with Crippen molar-refractivity contribution in [3.05, 3.63) is 28.7 Å². The fourth-order valence-electron chi connectivity index (χ4n) is 1.59. The molecular formula is C11H12N2O4. The summed E-state index contributed by atoms with van der Waals surface area (Å²) >= 11 is 0. The second-order valence-electron chi connectivity index (χ2n) is 3.35. The first-order valence-electron chi connectivity index (χ1n) is 5.13. The van der Waals surface area contributed by atoms with Crippen molar-refractivity contribution in [2.75, 3.05) is 13.7 Å². The van der Waals surface area contributed by atoms with Crippen molar-refractivity contribution in [2.45, 2.75) is 6.92 Å². The number of aromatic amines is 1. The van der Waals surface area contributed by atoms with Crippen molar-refractivity contribution in [1.29, 1.82) is 0 Å². The minimum atomic E-state index is -0.686. The number of H-pyrrole nitrogens is 1. The number of carbonyl (C=O) groups is 1. The molecule has 0 saturated heterocycles. The Morgan fingerprint density at radius 3 is 2.88 bits per heavy atom. The van der Waals surface area contributed by atoms with E-state index in [0.29, 0.717) is 16.8 Å². The standard InChI is InChI=1S/C11H12N2O4/c1-3-17-11(15)13-9-5-4-7(16-2)6-8(9)12-10(13)14/h4-6H,3H2,1-2H3,(H,12,14). The van der Waals surface area contributed by atoms with E-state index < -0.39 is 11.8 Å². The van der Waals surface area contributed by atoms with Crippen LogP contribution in [-0.4, -0.2) is 29.4 Å². The molecule has 6 heteroatoms. The van der Waals surface area contributed by atoms with Crippen LogP contribution in [0.3, 0.4) is 0 Å². The lowest BCUT2D eigenvalue weighted by Gasteiger charge is -2.02. The van der Waals surface area contributed by atoms with Gasteiger partial charge in [0.25, 0.3) is 0 Å². The van der Waals surface area contributed by atoms with Crippen LogP contribution in [0.15, 0.2) is 23.0 Å². The third-order valence-corrected chi connectivity index (χ3v) is 2.34. The molecule has 0 aliphatic rings. The molecule has 90 valence electrons. The zero-order valence-electron chi connectivity index (χ0n) is 9.52. The van der Waals surface area contributed by atoms with E-state index in [2.05, 4.69) is 4.98 Å². The van der Waals surface area contributed by atoms with Gasteiger partial charge in [-0.15, -0.1) is 0 Å². The van der Waals surface area contributed by atoms with Gasteiger partial charge in [-0.05, 0) is 19.1 Å². The molecule has 0 amide bonds. The SMILES string of the molecule is CCOC(=O)n1c(=O)[nH]c2cc(OC)ccc21. The highest BCUT2D eigenvalue weighted by molar-refractivity contribution is 5.87. The van der Waals surface area contributed by atoms with E-state index in [-0.39, 0.29) is 6.61 Å². The van der Waals surface area contributed by atoms with Gasteiger partial charge in [-0.1, -0.05) is 0 Å². The molecule has 17 heavy (non-hydrogen) atoms. The van der Waals surface area contributed by atoms with E-state index in [9.17, 15) is 9.59 Å². The molecule has 1 heterocycles. The van der Waals surface area contributed by atoms with Crippen molar-refractivity contribution in [1.82, 2.24) is 9.55 Å². The monoisotopic (exact) mass is 236 g/mol. The number of fused-ring (bicyclic) bond motifs is 1. The van der Waals surface area contributed by atoms with Crippen molar-refractivity contribution >= 4 is 17.1 Å². The summed E-state index contributed by atoms with van der Waals surface area (Å²) in [7, 11) is 1.53. The summed E-state index contributed by atoms with van der Waals surface area (Å²) in [6, 6.07) is 4.95. The zero-order chi connectivity index (χ0) is 12.4. The summed E-state index contributed by atoms with van der Waals surface area (Å²) in [4.78, 5) is 25.8. The number of carbonyl (C=O) groups excluding carboxylic acids is 1. The Labute approximate surface area is 96.8 Å². The van der Waals surface area contributed by atoms with Gasteiger partial charge in [0, 0.05) is 6.07 Å². The number of benzene rings is 1. The van der Waals surface area contributed by atoms with E-state index in [1.165, 1.54) is 7.11 Å². The van der Waals surface area contributed by atoms with Crippen molar-refractivity contribution < 1.29 is 14.3 Å². The molecule has 2 rings (SSSR count). The molecule has 0 aliphatic carbocycles. The quantitative estimate of drug-likeness (QED) is 0.854. The largest absolute Gasteiger partial charge is 0.497 e. The minimum absolute atomic E-state index is 0.216. The molecule has 0 fully saturated rings. The molecule has 0 unspecified atom stereocenters. The number of ether oxygens (including phenoxy) is 2. The van der Waals surface area contributed by atoms with E-state index in [1.807, 2.05) is 0 Å². The Morgan fingerprint density at radius 1 is 1.47 bits per heavy atom. The van der Waals surface area contributed by atoms with Gasteiger partial charge in [0.15, 0.2) is 0 Å². The Balaban J connectivity index is 2.60. The number of nitrogens with zero attached hydrogens (tertiary/aromatic N) is 1. The normalized spacial score (nSPS) is 10.5. The molecule has 1 aromatic carbocycles. The second kappa shape index (κ2) is 4.32. The van der Waals surface area contributed by atoms with E-state index in [1.54, 1.807) is 25.1 Å². The van der Waals surface area contributed by atoms with Crippen LogP contribution in [0.25, 0.3) is 11.0 Å². The maximum absolute atomic E-state index is 11.6. The number of methoxy groups -OCH3 is 1. The summed E-state index contributed by atoms with van der Waals surface area (Å²) in [6.07, 6.45) is -0.686. The Hall–Kier alpha value is -2.24. The van der Waals surface area contributed by atoms with Crippen molar-refractivity contribution in [3.63, 3.8) is 0 Å². The molecule has 0 aliphatic heterocycles. The predicted molar refractivity (Wildman–Crippen MR) is 61.5 cm³/mol. The molecule has 0 bridgehead atoms. The molecule has 0 radical (unpaired) electrons. The number of nitrogens with one attached hydrogen (secondary N) is 1. The molecule has 0 saturated carbocycles. The summed E-state index contributed by atoms with van der Waals surface area (Å²) in [5.74, 6) is 0.606. The lowest BCUT2D eigenvalue weighted by Crippen LogP contribution is -2.25. The highest BCUT2D eigenvalue weighted by Crippen LogP contribution is 2.18. The summed E-state index contributed by atoms with van der Waals surface area (Å²) in [6.45, 7) is 1.90. The minimum Gasteiger partial charge on any atom is -0.497 e. The molecule has 2 aromatic rings. The molecule has 1 N–H and O–H groups in total. The maximum Gasteiger partial charge on any atom is 0.422 e. The van der Waals surface area contributed by atoms with E-state index in [4.69, 9.17) is 9.47 Å². The van der Waals surface area contributed by atoms with Crippen LogP contribution < -0.4 is 10.4 Å². The Bertz CT molecular complexity index is 611. The van der Waals surface area contributed by atoms with Gasteiger partial charge in [-0.3, -0.25) is 0 Å². The molecule has 6 nitrogen and oxygen atoms in total. The second-order valence-corrected chi connectivity index (χ2v) is 3.35. The lowest BCUT2D eigenvalue weighted by molar-refractivity contribution is 0.154. The third-order valence-electron chi connectivity index (χ3n) is 2.34. The van der Waals surface area contributed by atoms with Gasteiger partial charge in [-0.2, -0.15) is 4.57 Å². The molecule has 0 spiro atoms. The smallest absolute Gasteiger partial charge is 0.422 e. The number of rotatable bonds is 2. The van der Waals surface area contributed by atoms with Crippen molar-refractivity contribution in [2.24, 2.45) is 0 Å². The van der Waals surface area contributed by atoms with Gasteiger partial charge in [-0.25, -0.2) is 9.59 Å². The van der Waals surface area contributed by atoms with Gasteiger partial charge < -0.3 is 14.5 Å². The average molecular weight is 236 g/mol. The Morgan fingerprint density at radius 2 is 2.24 bits per heavy atom. The number of hydrogen-bond donors (Lipinski definition) is 1. The lowest BCUT2D eigenvalue weighted by atomic mass is 10.3. The van der Waals surface area contributed by atoms with Crippen LogP contribution in [-0.2, 0) is 4.74 Å². The zero-order valence-corrected chi connectivity index (χ0v) is 9.52. The van der Waals surface area contributed by atoms with E-state index in [0.717, 1.165) is 4.57 Å². The highest BCUT2D eigenvalue weighted by Gasteiger charge is 2.14. The number of hydrogen-bond acceptors (Lipinski definition) is 4. The van der Waals surface area contributed by atoms with Crippen molar-refractivity contribution in [3.8, 4) is 5.75 Å². The van der Waals surface area contributed by atoms with Gasteiger partial charge >= 0.3 is 11.8 Å². The average Bonchev–Trinajstić information content (AvgIpc) is 2.64. The number of aromatic nitrogens is 2. The van der Waals surface area contributed by atoms with Crippen LogP contribution in [0.1, 0.15) is 6.92 Å². The van der Waals surface area contributed by atoms with Crippen LogP contribution in [0.5, 0.6) is 5.75 Å². The maximum atomic E-state index is 11.6. The van der Waals surface area contributed by atoms with Gasteiger partial charge in [0.1, 0.15) is 5.75 Å². The highest BCUT2D eigenvalue weighted by atomic mass is 16.5. The van der Waals surface area contributed by atoms with Gasteiger partial charge in [0.05, 0.1) is 24.8 Å². The summed E-state index contributed by atoms with van der Waals surface area (Å²) < 4.78 is 10.8. The topological polar surface area (TPSA) is 73.3 Å². The third kappa shape index (κ3) is 1.89. The van der Waals surface area contributed by atoms with E-state index >= 15 is 0 Å². The fourth-order valence-corrected chi connectivity index (χ4v) is 1.59. The molecular weight excluding hydrogens is 224 g/mol. The first-order chi connectivity index (χ1) is 8.17. The Kier molecular flexibility index (Phi) is 2.86. The first-order valence-corrected chi connectivity index (χ1v) is 5.13. The van der Waals surface area contributed by atoms with Gasteiger partial charge in [0.2, 0.25) is 0 Å². The summed E-state index contributed by atoms with van der Waals surface area (Å²) in [5, 5.41) is 0. The number of imidazole rings is 1. The van der Waals surface area contributed by atoms with Crippen LogP contribution in [0.2, 0.25) is 0 Å². The van der Waals surface area contributed by atoms with Crippen LogP contribution in [0, 0.1) is 0 Å². The molecule has 1 aromatic heterocycles. The summed E-state index contributed by atoms with van der Waals surface area (Å²) in [5.41, 5.74) is 0.475. The van der Waals surface area contributed by atoms with Crippen LogP contribution in [0.4, 0.5) is 4.79 Å².